The van der Waals surface area contributed by atoms with Crippen molar-refractivity contribution in [2.24, 2.45) is 0 Å². The largest absolute Gasteiger partial charge is 0.453 e. The van der Waals surface area contributed by atoms with E-state index in [2.05, 4.69) is 21.4 Å². The molecule has 0 bridgehead atoms. The fourth-order valence-corrected chi connectivity index (χ4v) is 1.14. The number of anilines is 2. The molecule has 5 heteroatoms. The summed E-state index contributed by atoms with van der Waals surface area (Å²) in [5.74, 6) is 0. The number of hydrogen-bond donors (Lipinski definition) is 2. The molecule has 1 aromatic rings. The zero-order chi connectivity index (χ0) is 12.0. The molecule has 0 aliphatic heterocycles. The van der Waals surface area contributed by atoms with Gasteiger partial charge in [0.05, 0.1) is 13.2 Å². The molecule has 84 valence electrons. The third-order valence-corrected chi connectivity index (χ3v) is 1.87. The maximum atomic E-state index is 11.0. The molecule has 0 saturated heterocycles. The highest BCUT2D eigenvalue weighted by Crippen LogP contribution is 2.15. The lowest BCUT2D eigenvalue weighted by Crippen LogP contribution is -2.13. The molecule has 0 aromatic heterocycles. The van der Waals surface area contributed by atoms with Crippen molar-refractivity contribution in [3.05, 3.63) is 24.3 Å². The monoisotopic (exact) mass is 219 g/mol. The standard InChI is InChI=1S/C11H13N3O2/c1-8(7-12)13-9-4-3-5-10(6-9)14-11(15)16-2/h3-6,8,13H,1-2H3,(H,14,15). The minimum absolute atomic E-state index is 0.284. The van der Waals surface area contributed by atoms with E-state index in [4.69, 9.17) is 5.26 Å². The number of carbonyl (C=O) groups is 1. The molecule has 1 amide bonds. The lowest BCUT2D eigenvalue weighted by Gasteiger charge is -2.09. The van der Waals surface area contributed by atoms with E-state index in [9.17, 15) is 4.79 Å². The third-order valence-electron chi connectivity index (χ3n) is 1.87. The van der Waals surface area contributed by atoms with Gasteiger partial charge in [0.2, 0.25) is 0 Å². The SMILES string of the molecule is COC(=O)Nc1cccc(NC(C)C#N)c1. The van der Waals surface area contributed by atoms with Crippen LogP contribution in [0.25, 0.3) is 0 Å². The average molecular weight is 219 g/mol. The summed E-state index contributed by atoms with van der Waals surface area (Å²) >= 11 is 0. The number of carbonyl (C=O) groups excluding carboxylic acids is 1. The van der Waals surface area contributed by atoms with Gasteiger partial charge in [-0.3, -0.25) is 5.32 Å². The molecule has 1 unspecified atom stereocenters. The summed E-state index contributed by atoms with van der Waals surface area (Å²) in [6.07, 6.45) is -0.523. The van der Waals surface area contributed by atoms with Gasteiger partial charge in [0.15, 0.2) is 0 Å². The number of benzene rings is 1. The lowest BCUT2D eigenvalue weighted by molar-refractivity contribution is 0.187. The van der Waals surface area contributed by atoms with Crippen LogP contribution in [0.4, 0.5) is 16.2 Å². The molecule has 1 aromatic carbocycles. The second-order valence-corrected chi connectivity index (χ2v) is 3.19. The maximum Gasteiger partial charge on any atom is 0.411 e. The van der Waals surface area contributed by atoms with Crippen molar-refractivity contribution in [2.45, 2.75) is 13.0 Å². The van der Waals surface area contributed by atoms with Gasteiger partial charge in [0.25, 0.3) is 0 Å². The summed E-state index contributed by atoms with van der Waals surface area (Å²) in [7, 11) is 1.30. The van der Waals surface area contributed by atoms with Crippen LogP contribution in [0.3, 0.4) is 0 Å². The molecular formula is C11H13N3O2. The minimum atomic E-state index is -0.523. The fraction of sp³-hybridized carbons (Fsp3) is 0.273. The van der Waals surface area contributed by atoms with Crippen LogP contribution in [-0.4, -0.2) is 19.2 Å². The van der Waals surface area contributed by atoms with Gasteiger partial charge in [0.1, 0.15) is 6.04 Å². The van der Waals surface area contributed by atoms with Crippen LogP contribution in [0, 0.1) is 11.3 Å². The zero-order valence-electron chi connectivity index (χ0n) is 9.15. The minimum Gasteiger partial charge on any atom is -0.453 e. The summed E-state index contributed by atoms with van der Waals surface area (Å²) < 4.78 is 4.47. The second kappa shape index (κ2) is 5.61. The third kappa shape index (κ3) is 3.50. The first kappa shape index (κ1) is 11.9. The highest BCUT2D eigenvalue weighted by Gasteiger charge is 2.03. The van der Waals surface area contributed by atoms with E-state index in [1.807, 2.05) is 6.07 Å². The molecule has 1 atom stereocenters. The van der Waals surface area contributed by atoms with E-state index in [1.165, 1.54) is 7.11 Å². The Kier molecular flexibility index (Phi) is 4.16. The number of hydrogen-bond acceptors (Lipinski definition) is 4. The average Bonchev–Trinajstić information content (AvgIpc) is 2.29. The number of ether oxygens (including phenoxy) is 1. The van der Waals surface area contributed by atoms with Crippen molar-refractivity contribution >= 4 is 17.5 Å². The van der Waals surface area contributed by atoms with Crippen molar-refractivity contribution in [1.82, 2.24) is 0 Å². The number of amides is 1. The van der Waals surface area contributed by atoms with E-state index in [0.29, 0.717) is 5.69 Å². The number of rotatable bonds is 3. The van der Waals surface area contributed by atoms with Gasteiger partial charge in [-0.15, -0.1) is 0 Å². The van der Waals surface area contributed by atoms with Crippen molar-refractivity contribution in [1.29, 1.82) is 5.26 Å². The van der Waals surface area contributed by atoms with Gasteiger partial charge in [-0.2, -0.15) is 5.26 Å². The number of nitrogens with zero attached hydrogens (tertiary/aromatic N) is 1. The molecule has 2 N–H and O–H groups in total. The van der Waals surface area contributed by atoms with Gasteiger partial charge in [-0.05, 0) is 25.1 Å². The number of nitrogens with one attached hydrogen (secondary N) is 2. The fourth-order valence-electron chi connectivity index (χ4n) is 1.14. The summed E-state index contributed by atoms with van der Waals surface area (Å²) in [6, 6.07) is 8.83. The van der Waals surface area contributed by atoms with E-state index in [-0.39, 0.29) is 6.04 Å². The topological polar surface area (TPSA) is 74.2 Å². The van der Waals surface area contributed by atoms with E-state index >= 15 is 0 Å². The normalized spacial score (nSPS) is 11.1. The van der Waals surface area contributed by atoms with Crippen LogP contribution in [0.1, 0.15) is 6.92 Å². The predicted molar refractivity (Wildman–Crippen MR) is 61.2 cm³/mol. The summed E-state index contributed by atoms with van der Waals surface area (Å²) in [5, 5.41) is 14.2. The van der Waals surface area contributed by atoms with Crippen LogP contribution < -0.4 is 10.6 Å². The Hall–Kier alpha value is -2.22. The molecule has 0 aliphatic rings. The van der Waals surface area contributed by atoms with Crippen LogP contribution in [-0.2, 0) is 4.74 Å². The van der Waals surface area contributed by atoms with E-state index in [0.717, 1.165) is 5.69 Å². The number of methoxy groups -OCH3 is 1. The van der Waals surface area contributed by atoms with Gasteiger partial charge >= 0.3 is 6.09 Å². The van der Waals surface area contributed by atoms with Crippen LogP contribution in [0.15, 0.2) is 24.3 Å². The summed E-state index contributed by atoms with van der Waals surface area (Å²) in [5.41, 5.74) is 1.38. The maximum absolute atomic E-state index is 11.0. The smallest absolute Gasteiger partial charge is 0.411 e. The summed E-state index contributed by atoms with van der Waals surface area (Å²) in [4.78, 5) is 11.0. The molecule has 1 rings (SSSR count). The van der Waals surface area contributed by atoms with E-state index < -0.39 is 6.09 Å². The number of nitriles is 1. The highest BCUT2D eigenvalue weighted by atomic mass is 16.5. The molecule has 0 saturated carbocycles. The van der Waals surface area contributed by atoms with Gasteiger partial charge < -0.3 is 10.1 Å². The molecule has 5 nitrogen and oxygen atoms in total. The summed E-state index contributed by atoms with van der Waals surface area (Å²) in [6.45, 7) is 1.75. The first-order valence-electron chi connectivity index (χ1n) is 4.77. The Morgan fingerprint density at radius 1 is 1.50 bits per heavy atom. The molecule has 0 spiro atoms. The molecule has 0 fully saturated rings. The lowest BCUT2D eigenvalue weighted by atomic mass is 10.2. The second-order valence-electron chi connectivity index (χ2n) is 3.19. The van der Waals surface area contributed by atoms with Gasteiger partial charge in [0, 0.05) is 11.4 Å². The quantitative estimate of drug-likeness (QED) is 0.817. The molecule has 0 heterocycles. The van der Waals surface area contributed by atoms with Crippen LogP contribution in [0.5, 0.6) is 0 Å². The molecular weight excluding hydrogens is 206 g/mol. The highest BCUT2D eigenvalue weighted by molar-refractivity contribution is 5.85. The molecule has 16 heavy (non-hydrogen) atoms. The Morgan fingerprint density at radius 3 is 2.81 bits per heavy atom. The zero-order valence-corrected chi connectivity index (χ0v) is 9.15. The Bertz CT molecular complexity index is 412. The first-order valence-corrected chi connectivity index (χ1v) is 4.77. The van der Waals surface area contributed by atoms with Crippen molar-refractivity contribution in [3.8, 4) is 6.07 Å². The Morgan fingerprint density at radius 2 is 2.19 bits per heavy atom. The van der Waals surface area contributed by atoms with Crippen molar-refractivity contribution in [3.63, 3.8) is 0 Å². The van der Waals surface area contributed by atoms with Gasteiger partial charge in [-0.1, -0.05) is 6.07 Å². The molecule has 0 aliphatic carbocycles. The van der Waals surface area contributed by atoms with E-state index in [1.54, 1.807) is 25.1 Å². The van der Waals surface area contributed by atoms with Crippen LogP contribution in [0.2, 0.25) is 0 Å². The molecule has 0 radical (unpaired) electrons. The Labute approximate surface area is 94.0 Å². The first-order chi connectivity index (χ1) is 7.65. The van der Waals surface area contributed by atoms with Crippen molar-refractivity contribution in [2.75, 3.05) is 17.7 Å². The predicted octanol–water partition coefficient (Wildman–Crippen LogP) is 2.19. The van der Waals surface area contributed by atoms with Gasteiger partial charge in [-0.25, -0.2) is 4.79 Å². The Balaban J connectivity index is 2.72. The van der Waals surface area contributed by atoms with Crippen LogP contribution >= 0.6 is 0 Å². The van der Waals surface area contributed by atoms with Crippen molar-refractivity contribution < 1.29 is 9.53 Å².